The summed E-state index contributed by atoms with van der Waals surface area (Å²) in [5.74, 6) is 1.66. The van der Waals surface area contributed by atoms with Crippen LogP contribution in [0.5, 0.6) is 0 Å². The van der Waals surface area contributed by atoms with Gasteiger partial charge in [0, 0.05) is 13.1 Å². The van der Waals surface area contributed by atoms with Crippen molar-refractivity contribution in [3.8, 4) is 0 Å². The summed E-state index contributed by atoms with van der Waals surface area (Å²) in [4.78, 5) is 14.4. The summed E-state index contributed by atoms with van der Waals surface area (Å²) < 4.78 is 0. The number of carbonyl (C=O) groups excluding carboxylic acids is 1. The minimum atomic E-state index is -0.359. The summed E-state index contributed by atoms with van der Waals surface area (Å²) in [5.41, 5.74) is 5.94. The number of rotatable bonds is 1. The summed E-state index contributed by atoms with van der Waals surface area (Å²) >= 11 is 0. The molecule has 2 unspecified atom stereocenters. The molecule has 17 heavy (non-hydrogen) atoms. The molecule has 2 fully saturated rings. The summed E-state index contributed by atoms with van der Waals surface area (Å²) in [6.45, 7) is 8.02. The average Bonchev–Trinajstić information content (AvgIpc) is 2.69. The van der Waals surface area contributed by atoms with E-state index < -0.39 is 0 Å². The highest BCUT2D eigenvalue weighted by molar-refractivity contribution is 5.82. The molecule has 3 atom stereocenters. The van der Waals surface area contributed by atoms with Gasteiger partial charge < -0.3 is 10.6 Å². The zero-order chi connectivity index (χ0) is 12.6. The van der Waals surface area contributed by atoms with E-state index >= 15 is 0 Å². The van der Waals surface area contributed by atoms with Crippen molar-refractivity contribution in [2.45, 2.75) is 52.5 Å². The van der Waals surface area contributed by atoms with E-state index in [0.29, 0.717) is 0 Å². The molecule has 98 valence electrons. The predicted octanol–water partition coefficient (Wildman–Crippen LogP) is 2.01. The molecule has 0 aromatic rings. The van der Waals surface area contributed by atoms with E-state index in [9.17, 15) is 4.79 Å². The standard InChI is InChI=1S/C14H26N2O/c1-14(2,3)12(15)13(17)16-8-10-6-4-5-7-11(10)9-16/h10-12H,4-9,15H2,1-3H3/t10?,11?,12-/m1/s1. The second-order valence-corrected chi connectivity index (χ2v) is 6.89. The van der Waals surface area contributed by atoms with Gasteiger partial charge >= 0.3 is 0 Å². The van der Waals surface area contributed by atoms with Gasteiger partial charge in [-0.15, -0.1) is 0 Å². The third kappa shape index (κ3) is 2.65. The fourth-order valence-electron chi connectivity index (χ4n) is 3.15. The largest absolute Gasteiger partial charge is 0.341 e. The van der Waals surface area contributed by atoms with E-state index in [1.807, 2.05) is 25.7 Å². The van der Waals surface area contributed by atoms with Crippen LogP contribution in [-0.4, -0.2) is 29.9 Å². The van der Waals surface area contributed by atoms with Crippen LogP contribution in [0, 0.1) is 17.3 Å². The van der Waals surface area contributed by atoms with Crippen LogP contribution in [0.3, 0.4) is 0 Å². The molecule has 1 aliphatic carbocycles. The number of fused-ring (bicyclic) bond motifs is 1. The van der Waals surface area contributed by atoms with E-state index in [1.54, 1.807) is 0 Å². The topological polar surface area (TPSA) is 46.3 Å². The number of nitrogens with zero attached hydrogens (tertiary/aromatic N) is 1. The number of hydrogen-bond acceptors (Lipinski definition) is 2. The van der Waals surface area contributed by atoms with E-state index in [4.69, 9.17) is 5.73 Å². The third-order valence-corrected chi connectivity index (χ3v) is 4.49. The highest BCUT2D eigenvalue weighted by atomic mass is 16.2. The number of carbonyl (C=O) groups is 1. The molecule has 1 saturated carbocycles. The Balaban J connectivity index is 1.98. The first-order valence-electron chi connectivity index (χ1n) is 6.94. The maximum absolute atomic E-state index is 12.3. The maximum Gasteiger partial charge on any atom is 0.240 e. The molecular formula is C14H26N2O. The zero-order valence-corrected chi connectivity index (χ0v) is 11.4. The van der Waals surface area contributed by atoms with E-state index in [2.05, 4.69) is 0 Å². The molecule has 2 rings (SSSR count). The van der Waals surface area contributed by atoms with E-state index in [0.717, 1.165) is 24.9 Å². The summed E-state index contributed by atoms with van der Waals surface area (Å²) in [5, 5.41) is 0. The van der Waals surface area contributed by atoms with Crippen LogP contribution in [0.4, 0.5) is 0 Å². The molecule has 2 aliphatic rings. The summed E-state index contributed by atoms with van der Waals surface area (Å²) in [6, 6.07) is -0.359. The third-order valence-electron chi connectivity index (χ3n) is 4.49. The molecule has 0 aromatic carbocycles. The predicted molar refractivity (Wildman–Crippen MR) is 69.5 cm³/mol. The highest BCUT2D eigenvalue weighted by Gasteiger charge is 2.39. The summed E-state index contributed by atoms with van der Waals surface area (Å²) in [6.07, 6.45) is 5.29. The second kappa shape index (κ2) is 4.60. The maximum atomic E-state index is 12.3. The lowest BCUT2D eigenvalue weighted by atomic mass is 9.82. The number of likely N-dealkylation sites (tertiary alicyclic amines) is 1. The Labute approximate surface area is 105 Å². The van der Waals surface area contributed by atoms with Gasteiger partial charge in [-0.05, 0) is 30.1 Å². The number of hydrogen-bond donors (Lipinski definition) is 1. The molecule has 1 aliphatic heterocycles. The van der Waals surface area contributed by atoms with Gasteiger partial charge in [0.15, 0.2) is 0 Å². The zero-order valence-electron chi connectivity index (χ0n) is 11.4. The monoisotopic (exact) mass is 238 g/mol. The molecule has 0 radical (unpaired) electrons. The Kier molecular flexibility index (Phi) is 3.48. The highest BCUT2D eigenvalue weighted by Crippen LogP contribution is 2.36. The van der Waals surface area contributed by atoms with Crippen molar-refractivity contribution >= 4 is 5.91 Å². The van der Waals surface area contributed by atoms with E-state index in [-0.39, 0.29) is 17.4 Å². The lowest BCUT2D eigenvalue weighted by Crippen LogP contribution is -2.49. The molecule has 1 heterocycles. The molecule has 3 heteroatoms. The molecule has 2 N–H and O–H groups in total. The van der Waals surface area contributed by atoms with Gasteiger partial charge in [0.1, 0.15) is 0 Å². The van der Waals surface area contributed by atoms with Crippen molar-refractivity contribution in [3.63, 3.8) is 0 Å². The van der Waals surface area contributed by atoms with Gasteiger partial charge in [-0.25, -0.2) is 0 Å². The molecule has 0 spiro atoms. The number of amides is 1. The van der Waals surface area contributed by atoms with Crippen molar-refractivity contribution in [3.05, 3.63) is 0 Å². The quantitative estimate of drug-likeness (QED) is 0.759. The Morgan fingerprint density at radius 1 is 1.18 bits per heavy atom. The molecule has 0 aromatic heterocycles. The van der Waals surface area contributed by atoms with Crippen molar-refractivity contribution in [1.82, 2.24) is 4.90 Å². The smallest absolute Gasteiger partial charge is 0.240 e. The summed E-state index contributed by atoms with van der Waals surface area (Å²) in [7, 11) is 0. The van der Waals surface area contributed by atoms with Crippen molar-refractivity contribution < 1.29 is 4.79 Å². The van der Waals surface area contributed by atoms with Gasteiger partial charge in [-0.2, -0.15) is 0 Å². The normalized spacial score (nSPS) is 31.2. The first-order valence-corrected chi connectivity index (χ1v) is 6.94. The SMILES string of the molecule is CC(C)(C)[C@H](N)C(=O)N1CC2CCCCC2C1. The molecule has 1 saturated heterocycles. The van der Waals surface area contributed by atoms with Gasteiger partial charge in [-0.3, -0.25) is 4.79 Å². The van der Waals surface area contributed by atoms with Crippen molar-refractivity contribution in [1.29, 1.82) is 0 Å². The first-order chi connectivity index (χ1) is 7.89. The van der Waals surface area contributed by atoms with Crippen LogP contribution in [0.2, 0.25) is 0 Å². The van der Waals surface area contributed by atoms with Crippen molar-refractivity contribution in [2.75, 3.05) is 13.1 Å². The average molecular weight is 238 g/mol. The lowest BCUT2D eigenvalue weighted by molar-refractivity contribution is -0.134. The molecule has 1 amide bonds. The van der Waals surface area contributed by atoms with Crippen LogP contribution in [0.1, 0.15) is 46.5 Å². The van der Waals surface area contributed by atoms with Crippen LogP contribution in [-0.2, 0) is 4.79 Å². The van der Waals surface area contributed by atoms with Gasteiger partial charge in [0.05, 0.1) is 6.04 Å². The fourth-order valence-corrected chi connectivity index (χ4v) is 3.15. The molecular weight excluding hydrogens is 212 g/mol. The molecule has 3 nitrogen and oxygen atoms in total. The van der Waals surface area contributed by atoms with Crippen LogP contribution in [0.25, 0.3) is 0 Å². The Morgan fingerprint density at radius 2 is 1.65 bits per heavy atom. The number of nitrogens with two attached hydrogens (primary N) is 1. The second-order valence-electron chi connectivity index (χ2n) is 6.89. The Bertz CT molecular complexity index is 281. The van der Waals surface area contributed by atoms with Gasteiger partial charge in [0.2, 0.25) is 5.91 Å². The van der Waals surface area contributed by atoms with Crippen LogP contribution >= 0.6 is 0 Å². The van der Waals surface area contributed by atoms with Gasteiger partial charge in [0.25, 0.3) is 0 Å². The minimum absolute atomic E-state index is 0.134. The Hall–Kier alpha value is -0.570. The first kappa shape index (κ1) is 12.9. The molecule has 0 bridgehead atoms. The van der Waals surface area contributed by atoms with Gasteiger partial charge in [-0.1, -0.05) is 33.6 Å². The lowest BCUT2D eigenvalue weighted by Gasteiger charge is -2.30. The van der Waals surface area contributed by atoms with E-state index in [1.165, 1.54) is 25.7 Å². The minimum Gasteiger partial charge on any atom is -0.341 e. The van der Waals surface area contributed by atoms with Crippen LogP contribution < -0.4 is 5.73 Å². The Morgan fingerprint density at radius 3 is 2.06 bits per heavy atom. The fraction of sp³-hybridized carbons (Fsp3) is 0.929. The van der Waals surface area contributed by atoms with Crippen molar-refractivity contribution in [2.24, 2.45) is 23.0 Å². The van der Waals surface area contributed by atoms with Crippen LogP contribution in [0.15, 0.2) is 0 Å².